The van der Waals surface area contributed by atoms with Crippen LogP contribution in [-0.2, 0) is 0 Å². The average Bonchev–Trinajstić information content (AvgIpc) is 3.16. The van der Waals surface area contributed by atoms with E-state index in [4.69, 9.17) is 9.47 Å². The lowest BCUT2D eigenvalue weighted by Gasteiger charge is -2.24. The molecule has 1 aliphatic heterocycles. The Labute approximate surface area is 277 Å². The van der Waals surface area contributed by atoms with Gasteiger partial charge >= 0.3 is 0 Å². The van der Waals surface area contributed by atoms with Crippen molar-refractivity contribution in [1.82, 2.24) is 4.98 Å². The van der Waals surface area contributed by atoms with Gasteiger partial charge in [-0.15, -0.1) is 0 Å². The van der Waals surface area contributed by atoms with Crippen LogP contribution in [0.5, 0.6) is 23.0 Å². The maximum absolute atomic E-state index is 6.67. The Balaban J connectivity index is 1.07. The van der Waals surface area contributed by atoms with Crippen LogP contribution < -0.4 is 9.47 Å². The first kappa shape index (κ1) is 26.7. The van der Waals surface area contributed by atoms with Crippen molar-refractivity contribution in [3.05, 3.63) is 164 Å². The fourth-order valence-corrected chi connectivity index (χ4v) is 7.44. The van der Waals surface area contributed by atoms with Gasteiger partial charge in [0.05, 0.1) is 0 Å². The lowest BCUT2D eigenvalue weighted by Crippen LogP contribution is -2.01. The fraction of sp³-hybridized carbons (Fsp3) is 0. The lowest BCUT2D eigenvalue weighted by molar-refractivity contribution is 0.367. The van der Waals surface area contributed by atoms with Crippen molar-refractivity contribution in [2.45, 2.75) is 0 Å². The second-order valence-corrected chi connectivity index (χ2v) is 12.3. The van der Waals surface area contributed by atoms with Crippen LogP contribution in [0.2, 0.25) is 0 Å². The normalized spacial score (nSPS) is 12.1. The molecule has 0 spiro atoms. The largest absolute Gasteiger partial charge is 0.449 e. The van der Waals surface area contributed by atoms with Crippen LogP contribution >= 0.6 is 0 Å². The van der Waals surface area contributed by atoms with Crippen molar-refractivity contribution in [3.8, 4) is 56.4 Å². The van der Waals surface area contributed by atoms with Crippen molar-refractivity contribution in [2.75, 3.05) is 0 Å². The number of aromatic nitrogens is 1. The molecule has 0 saturated carbocycles. The van der Waals surface area contributed by atoms with Crippen molar-refractivity contribution < 1.29 is 9.47 Å². The SMILES string of the molecule is c1cncc(-c2c3ccccc3c(-c3ccc(-c4ccc5c(c4)Oc4c(c6ccccc6c6ccccc46)O5)cc3)c3ccccc23)c1. The minimum absolute atomic E-state index is 0.715. The first-order chi connectivity index (χ1) is 23.8. The van der Waals surface area contributed by atoms with Gasteiger partial charge in [0.15, 0.2) is 23.0 Å². The molecule has 0 bridgehead atoms. The van der Waals surface area contributed by atoms with Gasteiger partial charge < -0.3 is 9.47 Å². The molecule has 48 heavy (non-hydrogen) atoms. The van der Waals surface area contributed by atoms with Gasteiger partial charge in [0.2, 0.25) is 0 Å². The predicted molar refractivity (Wildman–Crippen MR) is 197 cm³/mol. The summed E-state index contributed by atoms with van der Waals surface area (Å²) in [7, 11) is 0. The minimum atomic E-state index is 0.715. The summed E-state index contributed by atoms with van der Waals surface area (Å²) >= 11 is 0. The van der Waals surface area contributed by atoms with E-state index in [1.165, 1.54) is 38.2 Å². The van der Waals surface area contributed by atoms with E-state index in [1.807, 2.05) is 36.7 Å². The van der Waals surface area contributed by atoms with Gasteiger partial charge in [0, 0.05) is 28.7 Å². The van der Waals surface area contributed by atoms with Crippen molar-refractivity contribution >= 4 is 43.1 Å². The molecule has 0 aliphatic carbocycles. The number of benzene rings is 8. The molecule has 0 N–H and O–H groups in total. The summed E-state index contributed by atoms with van der Waals surface area (Å²) in [6.07, 6.45) is 3.79. The van der Waals surface area contributed by atoms with Crippen LogP contribution in [0.4, 0.5) is 0 Å². The Hall–Kier alpha value is -6.45. The summed E-state index contributed by atoms with van der Waals surface area (Å²) in [5.41, 5.74) is 6.92. The molecule has 1 aromatic heterocycles. The number of fused-ring (bicyclic) bond motifs is 9. The van der Waals surface area contributed by atoms with Gasteiger partial charge in [-0.3, -0.25) is 4.98 Å². The molecule has 0 saturated heterocycles. The van der Waals surface area contributed by atoms with Gasteiger partial charge in [-0.05, 0) is 78.3 Å². The van der Waals surface area contributed by atoms with Crippen LogP contribution in [0.15, 0.2) is 164 Å². The van der Waals surface area contributed by atoms with Crippen LogP contribution in [0.1, 0.15) is 0 Å². The zero-order chi connectivity index (χ0) is 31.6. The highest BCUT2D eigenvalue weighted by Crippen LogP contribution is 2.53. The van der Waals surface area contributed by atoms with Gasteiger partial charge in [0.25, 0.3) is 0 Å². The molecule has 0 radical (unpaired) electrons. The third-order valence-electron chi connectivity index (χ3n) is 9.60. The highest BCUT2D eigenvalue weighted by molar-refractivity contribution is 6.21. The monoisotopic (exact) mass is 613 g/mol. The molecule has 9 aromatic rings. The minimum Gasteiger partial charge on any atom is -0.449 e. The number of pyridine rings is 1. The van der Waals surface area contributed by atoms with Crippen molar-refractivity contribution in [3.63, 3.8) is 0 Å². The van der Waals surface area contributed by atoms with E-state index in [2.05, 4.69) is 132 Å². The van der Waals surface area contributed by atoms with Gasteiger partial charge in [0.1, 0.15) is 0 Å². The molecule has 224 valence electrons. The number of rotatable bonds is 3. The molecule has 0 atom stereocenters. The molecule has 8 aromatic carbocycles. The Kier molecular flexibility index (Phi) is 5.87. The second kappa shape index (κ2) is 10.5. The van der Waals surface area contributed by atoms with E-state index in [-0.39, 0.29) is 0 Å². The highest BCUT2D eigenvalue weighted by Gasteiger charge is 2.25. The second-order valence-electron chi connectivity index (χ2n) is 12.3. The van der Waals surface area contributed by atoms with E-state index >= 15 is 0 Å². The molecule has 0 amide bonds. The third-order valence-corrected chi connectivity index (χ3v) is 9.60. The van der Waals surface area contributed by atoms with Crippen LogP contribution in [0, 0.1) is 0 Å². The number of ether oxygens (including phenoxy) is 2. The van der Waals surface area contributed by atoms with E-state index in [9.17, 15) is 0 Å². The number of hydrogen-bond acceptors (Lipinski definition) is 3. The summed E-state index contributed by atoms with van der Waals surface area (Å²) in [6.45, 7) is 0. The molecule has 0 fully saturated rings. The topological polar surface area (TPSA) is 31.4 Å². The Morgan fingerprint density at radius 2 is 0.792 bits per heavy atom. The zero-order valence-corrected chi connectivity index (χ0v) is 25.9. The van der Waals surface area contributed by atoms with Crippen molar-refractivity contribution in [2.24, 2.45) is 0 Å². The molecule has 1 aliphatic rings. The molecule has 3 heteroatoms. The Morgan fingerprint density at radius 3 is 1.33 bits per heavy atom. The van der Waals surface area contributed by atoms with Crippen molar-refractivity contribution in [1.29, 1.82) is 0 Å². The summed E-state index contributed by atoms with van der Waals surface area (Å²) in [5, 5.41) is 9.28. The molecular formula is C45H27NO2. The van der Waals surface area contributed by atoms with Crippen LogP contribution in [-0.4, -0.2) is 4.98 Å². The lowest BCUT2D eigenvalue weighted by atomic mass is 9.86. The first-order valence-corrected chi connectivity index (χ1v) is 16.2. The molecule has 2 heterocycles. The number of nitrogens with zero attached hydrogens (tertiary/aromatic N) is 1. The van der Waals surface area contributed by atoms with Gasteiger partial charge in [-0.25, -0.2) is 0 Å². The maximum atomic E-state index is 6.67. The average molecular weight is 614 g/mol. The summed E-state index contributed by atoms with van der Waals surface area (Å²) in [4.78, 5) is 4.44. The zero-order valence-electron chi connectivity index (χ0n) is 25.9. The molecule has 0 unspecified atom stereocenters. The fourth-order valence-electron chi connectivity index (χ4n) is 7.44. The summed E-state index contributed by atoms with van der Waals surface area (Å²) < 4.78 is 13.2. The first-order valence-electron chi connectivity index (χ1n) is 16.2. The molecular weight excluding hydrogens is 587 g/mol. The Morgan fingerprint density at radius 1 is 0.333 bits per heavy atom. The van der Waals surface area contributed by atoms with E-state index < -0.39 is 0 Å². The van der Waals surface area contributed by atoms with E-state index in [0.717, 1.165) is 55.5 Å². The van der Waals surface area contributed by atoms with E-state index in [1.54, 1.807) is 0 Å². The quantitative estimate of drug-likeness (QED) is 0.147. The molecule has 10 rings (SSSR count). The summed E-state index contributed by atoms with van der Waals surface area (Å²) in [6, 6.07) is 53.4. The van der Waals surface area contributed by atoms with E-state index in [0.29, 0.717) is 5.75 Å². The molecule has 3 nitrogen and oxygen atoms in total. The standard InChI is InChI=1S/C45H27NO2/c1-7-17-38-32(11-1)33-12-2-8-18-39(33)45-44(38)47-40-24-23-30(26-41(40)48-45)28-19-21-29(22-20-28)42-34-13-3-5-15-36(34)43(31-10-9-25-46-27-31)37-16-6-4-14-35(37)42/h1-27H. The smallest absolute Gasteiger partial charge is 0.178 e. The number of hydrogen-bond donors (Lipinski definition) is 0. The Bertz CT molecular complexity index is 2660. The predicted octanol–water partition coefficient (Wildman–Crippen LogP) is 12.6. The summed E-state index contributed by atoms with van der Waals surface area (Å²) in [5.74, 6) is 2.96. The third kappa shape index (κ3) is 4.04. The van der Waals surface area contributed by atoms with Crippen LogP contribution in [0.3, 0.4) is 0 Å². The van der Waals surface area contributed by atoms with Gasteiger partial charge in [-0.2, -0.15) is 0 Å². The van der Waals surface area contributed by atoms with Crippen LogP contribution in [0.25, 0.3) is 76.5 Å². The van der Waals surface area contributed by atoms with Gasteiger partial charge in [-0.1, -0.05) is 133 Å². The highest BCUT2D eigenvalue weighted by atomic mass is 16.6. The maximum Gasteiger partial charge on any atom is 0.178 e.